The van der Waals surface area contributed by atoms with Crippen molar-refractivity contribution in [1.29, 1.82) is 0 Å². The predicted octanol–water partition coefficient (Wildman–Crippen LogP) is 6.46. The number of halogens is 2. The van der Waals surface area contributed by atoms with Gasteiger partial charge in [-0.25, -0.2) is 27.2 Å². The summed E-state index contributed by atoms with van der Waals surface area (Å²) in [6.07, 6.45) is 1.08. The Bertz CT molecular complexity index is 2470. The van der Waals surface area contributed by atoms with E-state index in [1.54, 1.807) is 42.5 Å². The van der Waals surface area contributed by atoms with Gasteiger partial charge in [0.05, 0.1) is 39.8 Å². The van der Waals surface area contributed by atoms with Gasteiger partial charge in [-0.2, -0.15) is 0 Å². The van der Waals surface area contributed by atoms with E-state index in [2.05, 4.69) is 5.32 Å². The zero-order valence-electron chi connectivity index (χ0n) is 24.5. The summed E-state index contributed by atoms with van der Waals surface area (Å²) in [5.74, 6) is -0.424. The molecular formula is C33H25F2N5O4S. The Labute approximate surface area is 255 Å². The van der Waals surface area contributed by atoms with Crippen molar-refractivity contribution in [3.05, 3.63) is 95.8 Å². The molecule has 7 aromatic rings. The van der Waals surface area contributed by atoms with Crippen LogP contribution in [0.25, 0.3) is 61.0 Å². The molecule has 1 N–H and O–H groups in total. The topological polar surface area (TPSA) is 110 Å². The molecule has 9 nitrogen and oxygen atoms in total. The third-order valence-electron chi connectivity index (χ3n) is 7.99. The Balaban J connectivity index is 1.55. The Morgan fingerprint density at radius 1 is 0.956 bits per heavy atom. The van der Waals surface area contributed by atoms with Crippen molar-refractivity contribution in [2.75, 3.05) is 24.7 Å². The number of carbonyl (C=O) groups excluding carboxylic acids is 1. The molecular weight excluding hydrogens is 600 g/mol. The van der Waals surface area contributed by atoms with Crippen LogP contribution in [0.15, 0.2) is 77.2 Å². The van der Waals surface area contributed by atoms with Crippen LogP contribution in [0.4, 0.5) is 14.5 Å². The van der Waals surface area contributed by atoms with Gasteiger partial charge < -0.3 is 9.73 Å². The van der Waals surface area contributed by atoms with Crippen molar-refractivity contribution < 1.29 is 26.4 Å². The highest BCUT2D eigenvalue weighted by Gasteiger charge is 2.26. The molecule has 4 heterocycles. The maximum Gasteiger partial charge on any atom is 0.255 e. The van der Waals surface area contributed by atoms with Crippen molar-refractivity contribution in [3.8, 4) is 22.6 Å². The highest BCUT2D eigenvalue weighted by atomic mass is 32.2. The van der Waals surface area contributed by atoms with Gasteiger partial charge in [-0.15, -0.1) is 0 Å². The zero-order chi connectivity index (χ0) is 31.8. The Hall–Kier alpha value is -5.36. The lowest BCUT2D eigenvalue weighted by atomic mass is 10.0. The summed E-state index contributed by atoms with van der Waals surface area (Å²) in [7, 11) is -0.860. The van der Waals surface area contributed by atoms with Crippen LogP contribution in [0.5, 0.6) is 0 Å². The van der Waals surface area contributed by atoms with E-state index in [0.717, 1.165) is 10.6 Å². The minimum Gasteiger partial charge on any atom is -0.455 e. The predicted molar refractivity (Wildman–Crippen MR) is 170 cm³/mol. The summed E-state index contributed by atoms with van der Waals surface area (Å²) >= 11 is 0. The van der Waals surface area contributed by atoms with Crippen LogP contribution < -0.4 is 9.62 Å². The summed E-state index contributed by atoms with van der Waals surface area (Å²) in [5, 5.41) is 3.45. The SMILES string of the molecule is CNC(=O)c1c(-c2ccc(F)cc2)oc2cc(N(C)S(C)(=O)=O)c(-c3ccc4nc(C)n5c6cccc(F)c6cc5c4n3)cc12. The number of hydrogen-bond donors (Lipinski definition) is 1. The van der Waals surface area contributed by atoms with Crippen LogP contribution in [0.3, 0.4) is 0 Å². The number of anilines is 1. The van der Waals surface area contributed by atoms with Crippen LogP contribution in [-0.4, -0.2) is 49.0 Å². The molecule has 226 valence electrons. The number of nitrogens with zero attached hydrogens (tertiary/aromatic N) is 4. The summed E-state index contributed by atoms with van der Waals surface area (Å²) < 4.78 is 63.3. The average Bonchev–Trinajstić information content (AvgIpc) is 3.60. The molecule has 3 aromatic carbocycles. The minimum atomic E-state index is -3.76. The number of benzene rings is 3. The first kappa shape index (κ1) is 28.4. The van der Waals surface area contributed by atoms with Gasteiger partial charge in [-0.3, -0.25) is 13.5 Å². The van der Waals surface area contributed by atoms with Crippen molar-refractivity contribution in [2.45, 2.75) is 6.92 Å². The average molecular weight is 626 g/mol. The van der Waals surface area contributed by atoms with Gasteiger partial charge in [-0.05, 0) is 67.6 Å². The van der Waals surface area contributed by atoms with Gasteiger partial charge in [0.15, 0.2) is 0 Å². The maximum absolute atomic E-state index is 14.8. The number of amides is 1. The number of pyridine rings is 1. The van der Waals surface area contributed by atoms with E-state index in [1.165, 1.54) is 44.4 Å². The fourth-order valence-corrected chi connectivity index (χ4v) is 6.26. The fraction of sp³-hybridized carbons (Fsp3) is 0.121. The van der Waals surface area contributed by atoms with Gasteiger partial charge in [-0.1, -0.05) is 6.07 Å². The molecule has 0 bridgehead atoms. The zero-order valence-corrected chi connectivity index (χ0v) is 25.3. The summed E-state index contributed by atoms with van der Waals surface area (Å²) in [5.41, 5.74) is 4.27. The molecule has 0 saturated carbocycles. The van der Waals surface area contributed by atoms with E-state index in [9.17, 15) is 22.0 Å². The molecule has 12 heteroatoms. The number of rotatable bonds is 5. The van der Waals surface area contributed by atoms with E-state index in [1.807, 2.05) is 11.3 Å². The van der Waals surface area contributed by atoms with Crippen molar-refractivity contribution in [3.63, 3.8) is 0 Å². The second-order valence-electron chi connectivity index (χ2n) is 10.7. The second kappa shape index (κ2) is 10.1. The second-order valence-corrected chi connectivity index (χ2v) is 12.8. The van der Waals surface area contributed by atoms with Gasteiger partial charge in [0.2, 0.25) is 10.0 Å². The molecule has 7 rings (SSSR count). The van der Waals surface area contributed by atoms with Crippen LogP contribution >= 0.6 is 0 Å². The number of furan rings is 1. The summed E-state index contributed by atoms with van der Waals surface area (Å²) in [6.45, 7) is 1.83. The van der Waals surface area contributed by atoms with Gasteiger partial charge >= 0.3 is 0 Å². The molecule has 0 aliphatic rings. The third kappa shape index (κ3) is 4.48. The number of hydrogen-bond acceptors (Lipinski definition) is 6. The van der Waals surface area contributed by atoms with E-state index < -0.39 is 21.7 Å². The Morgan fingerprint density at radius 2 is 1.71 bits per heavy atom. The molecule has 0 aliphatic heterocycles. The first-order valence-corrected chi connectivity index (χ1v) is 15.7. The van der Waals surface area contributed by atoms with E-state index in [4.69, 9.17) is 14.4 Å². The molecule has 1 amide bonds. The number of aromatic nitrogens is 3. The molecule has 0 fully saturated rings. The molecule has 0 unspecified atom stereocenters. The highest BCUT2D eigenvalue weighted by molar-refractivity contribution is 7.92. The lowest BCUT2D eigenvalue weighted by Gasteiger charge is -2.20. The van der Waals surface area contributed by atoms with E-state index in [0.29, 0.717) is 55.5 Å². The third-order valence-corrected chi connectivity index (χ3v) is 9.19. The number of aryl methyl sites for hydroxylation is 1. The largest absolute Gasteiger partial charge is 0.455 e. The lowest BCUT2D eigenvalue weighted by molar-refractivity contribution is 0.0964. The molecule has 0 atom stereocenters. The summed E-state index contributed by atoms with van der Waals surface area (Å²) in [4.78, 5) is 22.9. The standard InChI is InChI=1S/C33H25F2N5O4S/c1-17-37-25-13-12-24(38-31(25)28-15-20-23(35)6-5-7-26(20)40(17)28)21-14-22-29(16-27(21)39(3)45(4,42)43)44-32(30(22)33(41)36-2)18-8-10-19(34)11-9-18/h5-16H,1-4H3,(H,36,41). The first-order chi connectivity index (χ1) is 21.5. The highest BCUT2D eigenvalue weighted by Crippen LogP contribution is 2.41. The molecule has 4 aromatic heterocycles. The Morgan fingerprint density at radius 3 is 2.42 bits per heavy atom. The van der Waals surface area contributed by atoms with Gasteiger partial charge in [0.25, 0.3) is 5.91 Å². The first-order valence-electron chi connectivity index (χ1n) is 13.9. The smallest absolute Gasteiger partial charge is 0.255 e. The van der Waals surface area contributed by atoms with E-state index in [-0.39, 0.29) is 28.4 Å². The number of carbonyl (C=O) groups is 1. The molecule has 0 saturated heterocycles. The molecule has 0 aliphatic carbocycles. The van der Waals surface area contributed by atoms with Crippen molar-refractivity contribution in [1.82, 2.24) is 19.7 Å². The lowest BCUT2D eigenvalue weighted by Crippen LogP contribution is -2.25. The van der Waals surface area contributed by atoms with E-state index >= 15 is 0 Å². The van der Waals surface area contributed by atoms with Crippen molar-refractivity contribution in [2.24, 2.45) is 0 Å². The van der Waals surface area contributed by atoms with Crippen LogP contribution in [0.1, 0.15) is 16.2 Å². The number of fused-ring (bicyclic) bond motifs is 6. The van der Waals surface area contributed by atoms with Gasteiger partial charge in [0, 0.05) is 42.1 Å². The van der Waals surface area contributed by atoms with Crippen LogP contribution in [0.2, 0.25) is 0 Å². The van der Waals surface area contributed by atoms with Gasteiger partial charge in [0.1, 0.15) is 34.3 Å². The monoisotopic (exact) mass is 625 g/mol. The molecule has 0 spiro atoms. The fourth-order valence-electron chi connectivity index (χ4n) is 5.75. The quantitative estimate of drug-likeness (QED) is 0.235. The Kier molecular flexibility index (Phi) is 6.37. The molecule has 45 heavy (non-hydrogen) atoms. The van der Waals surface area contributed by atoms with Crippen LogP contribution in [0, 0.1) is 18.6 Å². The number of nitrogens with one attached hydrogen (secondary N) is 1. The summed E-state index contributed by atoms with van der Waals surface area (Å²) in [6, 6.07) is 18.8. The van der Waals surface area contributed by atoms with Crippen molar-refractivity contribution >= 4 is 60.0 Å². The normalized spacial score (nSPS) is 12.0. The number of sulfonamides is 1. The van der Waals surface area contributed by atoms with Crippen LogP contribution in [-0.2, 0) is 10.0 Å². The molecule has 0 radical (unpaired) electrons. The maximum atomic E-state index is 14.8. The minimum absolute atomic E-state index is 0.197.